The first-order chi connectivity index (χ1) is 8.29. The lowest BCUT2D eigenvalue weighted by molar-refractivity contribution is -0.136. The van der Waals surface area contributed by atoms with Crippen molar-refractivity contribution in [1.29, 1.82) is 0 Å². The molecule has 1 amide bonds. The van der Waals surface area contributed by atoms with Gasteiger partial charge in [-0.25, -0.2) is 0 Å². The number of amides is 1. The molecule has 17 heavy (non-hydrogen) atoms. The van der Waals surface area contributed by atoms with Gasteiger partial charge in [-0.1, -0.05) is 0 Å². The van der Waals surface area contributed by atoms with Crippen LogP contribution >= 0.6 is 11.8 Å². The summed E-state index contributed by atoms with van der Waals surface area (Å²) in [5, 5.41) is 3.33. The van der Waals surface area contributed by atoms with Crippen molar-refractivity contribution in [3.05, 3.63) is 0 Å². The molecule has 2 heterocycles. The van der Waals surface area contributed by atoms with Gasteiger partial charge in [0.15, 0.2) is 0 Å². The second-order valence-corrected chi connectivity index (χ2v) is 5.98. The Morgan fingerprint density at radius 2 is 1.94 bits per heavy atom. The SMILES string of the molecule is CC(C(=O)N1CCCSCC1)N1CCNCC1. The standard InChI is InChI=1S/C12H23N3OS/c1-11(14-6-3-13-4-7-14)12(16)15-5-2-9-17-10-8-15/h11,13H,2-10H2,1H3. The average Bonchev–Trinajstić information content (AvgIpc) is 2.67. The predicted octanol–water partition coefficient (Wildman–Crippen LogP) is 0.246. The number of thioether (sulfide) groups is 1. The van der Waals surface area contributed by atoms with Gasteiger partial charge >= 0.3 is 0 Å². The van der Waals surface area contributed by atoms with Crippen molar-refractivity contribution in [1.82, 2.24) is 15.1 Å². The molecule has 5 heteroatoms. The van der Waals surface area contributed by atoms with E-state index in [1.165, 1.54) is 5.75 Å². The topological polar surface area (TPSA) is 35.6 Å². The second-order valence-electron chi connectivity index (χ2n) is 4.75. The van der Waals surface area contributed by atoms with E-state index in [-0.39, 0.29) is 6.04 Å². The third kappa shape index (κ3) is 3.60. The van der Waals surface area contributed by atoms with Crippen molar-refractivity contribution < 1.29 is 4.79 Å². The van der Waals surface area contributed by atoms with Crippen LogP contribution in [0.5, 0.6) is 0 Å². The van der Waals surface area contributed by atoms with Gasteiger partial charge in [-0.3, -0.25) is 9.69 Å². The van der Waals surface area contributed by atoms with Gasteiger partial charge in [-0.05, 0) is 19.1 Å². The fourth-order valence-electron chi connectivity index (χ4n) is 2.46. The maximum Gasteiger partial charge on any atom is 0.239 e. The number of nitrogens with zero attached hydrogens (tertiary/aromatic N) is 2. The molecule has 4 nitrogen and oxygen atoms in total. The molecule has 1 N–H and O–H groups in total. The molecule has 1 atom stereocenters. The van der Waals surface area contributed by atoms with Gasteiger partial charge in [-0.15, -0.1) is 0 Å². The van der Waals surface area contributed by atoms with Gasteiger partial charge in [0.1, 0.15) is 0 Å². The zero-order valence-corrected chi connectivity index (χ0v) is 11.5. The van der Waals surface area contributed by atoms with Gasteiger partial charge in [0.25, 0.3) is 0 Å². The van der Waals surface area contributed by atoms with Crippen molar-refractivity contribution >= 4 is 17.7 Å². The molecule has 1 unspecified atom stereocenters. The highest BCUT2D eigenvalue weighted by Crippen LogP contribution is 2.13. The minimum Gasteiger partial charge on any atom is -0.340 e. The van der Waals surface area contributed by atoms with E-state index in [1.54, 1.807) is 0 Å². The van der Waals surface area contributed by atoms with Crippen LogP contribution < -0.4 is 5.32 Å². The van der Waals surface area contributed by atoms with E-state index in [0.717, 1.165) is 51.4 Å². The first-order valence-corrected chi connectivity index (χ1v) is 7.76. The zero-order valence-electron chi connectivity index (χ0n) is 10.7. The van der Waals surface area contributed by atoms with E-state index in [2.05, 4.69) is 22.0 Å². The molecule has 2 rings (SSSR count). The molecular weight excluding hydrogens is 234 g/mol. The molecule has 98 valence electrons. The number of hydrogen-bond donors (Lipinski definition) is 1. The maximum atomic E-state index is 12.4. The van der Waals surface area contributed by atoms with Crippen LogP contribution in [0, 0.1) is 0 Å². The van der Waals surface area contributed by atoms with Gasteiger partial charge in [0, 0.05) is 45.0 Å². The Kier molecular flexibility index (Phi) is 5.13. The smallest absolute Gasteiger partial charge is 0.239 e. The Morgan fingerprint density at radius 3 is 2.71 bits per heavy atom. The lowest BCUT2D eigenvalue weighted by Crippen LogP contribution is -2.53. The first kappa shape index (κ1) is 13.2. The summed E-state index contributed by atoms with van der Waals surface area (Å²) >= 11 is 1.97. The van der Waals surface area contributed by atoms with Crippen molar-refractivity contribution in [2.45, 2.75) is 19.4 Å². The Hall–Kier alpha value is -0.260. The fraction of sp³-hybridized carbons (Fsp3) is 0.917. The molecule has 0 aromatic carbocycles. The van der Waals surface area contributed by atoms with Crippen LogP contribution in [0.3, 0.4) is 0 Å². The average molecular weight is 257 g/mol. The second kappa shape index (κ2) is 6.61. The molecule has 0 aromatic rings. The summed E-state index contributed by atoms with van der Waals surface area (Å²) in [4.78, 5) is 16.8. The molecule has 0 aromatic heterocycles. The Morgan fingerprint density at radius 1 is 1.18 bits per heavy atom. The number of hydrogen-bond acceptors (Lipinski definition) is 4. The van der Waals surface area contributed by atoms with Crippen LogP contribution in [0.1, 0.15) is 13.3 Å². The van der Waals surface area contributed by atoms with Crippen molar-refractivity contribution in [3.8, 4) is 0 Å². The molecule has 2 saturated heterocycles. The lowest BCUT2D eigenvalue weighted by atomic mass is 10.2. The van der Waals surface area contributed by atoms with Gasteiger partial charge in [0.05, 0.1) is 6.04 Å². The van der Waals surface area contributed by atoms with Crippen LogP contribution in [0.2, 0.25) is 0 Å². The van der Waals surface area contributed by atoms with Crippen LogP contribution in [-0.4, -0.2) is 72.5 Å². The minimum absolute atomic E-state index is 0.0557. The fourth-order valence-corrected chi connectivity index (χ4v) is 3.34. The third-order valence-electron chi connectivity index (χ3n) is 3.59. The summed E-state index contributed by atoms with van der Waals surface area (Å²) in [6.45, 7) is 7.94. The zero-order chi connectivity index (χ0) is 12.1. The Bertz CT molecular complexity index is 248. The third-order valence-corrected chi connectivity index (χ3v) is 4.64. The highest BCUT2D eigenvalue weighted by molar-refractivity contribution is 7.99. The predicted molar refractivity (Wildman–Crippen MR) is 72.4 cm³/mol. The molecule has 0 saturated carbocycles. The Labute approximate surface area is 108 Å². The number of carbonyl (C=O) groups excluding carboxylic acids is 1. The minimum atomic E-state index is 0.0557. The summed E-state index contributed by atoms with van der Waals surface area (Å²) in [6, 6.07) is 0.0557. The summed E-state index contributed by atoms with van der Waals surface area (Å²) in [7, 11) is 0. The number of rotatable bonds is 2. The quantitative estimate of drug-likeness (QED) is 0.769. The molecule has 0 aliphatic carbocycles. The van der Waals surface area contributed by atoms with E-state index in [9.17, 15) is 4.79 Å². The Balaban J connectivity index is 1.88. The summed E-state index contributed by atoms with van der Waals surface area (Å²) in [6.07, 6.45) is 1.14. The van der Waals surface area contributed by atoms with E-state index in [0.29, 0.717) is 5.91 Å². The largest absolute Gasteiger partial charge is 0.340 e. The lowest BCUT2D eigenvalue weighted by Gasteiger charge is -2.34. The molecular formula is C12H23N3OS. The first-order valence-electron chi connectivity index (χ1n) is 6.60. The van der Waals surface area contributed by atoms with Crippen molar-refractivity contribution in [2.24, 2.45) is 0 Å². The van der Waals surface area contributed by atoms with E-state index >= 15 is 0 Å². The molecule has 2 aliphatic rings. The van der Waals surface area contributed by atoms with E-state index in [4.69, 9.17) is 0 Å². The highest BCUT2D eigenvalue weighted by Gasteiger charge is 2.27. The highest BCUT2D eigenvalue weighted by atomic mass is 32.2. The summed E-state index contributed by atoms with van der Waals surface area (Å²) in [5.74, 6) is 2.63. The van der Waals surface area contributed by atoms with Crippen LogP contribution in [0.25, 0.3) is 0 Å². The van der Waals surface area contributed by atoms with E-state index < -0.39 is 0 Å². The van der Waals surface area contributed by atoms with Crippen LogP contribution in [0.15, 0.2) is 0 Å². The number of piperazine rings is 1. The van der Waals surface area contributed by atoms with E-state index in [1.807, 2.05) is 11.8 Å². The molecule has 2 fully saturated rings. The maximum absolute atomic E-state index is 12.4. The molecule has 0 radical (unpaired) electrons. The van der Waals surface area contributed by atoms with Gasteiger partial charge in [-0.2, -0.15) is 11.8 Å². The van der Waals surface area contributed by atoms with Crippen LogP contribution in [-0.2, 0) is 4.79 Å². The normalized spacial score (nSPS) is 25.4. The van der Waals surface area contributed by atoms with Gasteiger partial charge in [0.2, 0.25) is 5.91 Å². The van der Waals surface area contributed by atoms with Crippen LogP contribution in [0.4, 0.5) is 0 Å². The summed E-state index contributed by atoms with van der Waals surface area (Å²) < 4.78 is 0. The summed E-state index contributed by atoms with van der Waals surface area (Å²) in [5.41, 5.74) is 0. The molecule has 0 spiro atoms. The number of carbonyl (C=O) groups is 1. The van der Waals surface area contributed by atoms with Gasteiger partial charge < -0.3 is 10.2 Å². The van der Waals surface area contributed by atoms with Crippen molar-refractivity contribution in [2.75, 3.05) is 50.8 Å². The monoisotopic (exact) mass is 257 g/mol. The van der Waals surface area contributed by atoms with Crippen molar-refractivity contribution in [3.63, 3.8) is 0 Å². The molecule has 2 aliphatic heterocycles. The number of nitrogens with one attached hydrogen (secondary N) is 1. The molecule has 0 bridgehead atoms.